The van der Waals surface area contributed by atoms with E-state index in [2.05, 4.69) is 69.7 Å². The molecule has 36 heavy (non-hydrogen) atoms. The summed E-state index contributed by atoms with van der Waals surface area (Å²) in [5.41, 5.74) is 9.75. The SMILES string of the molecule is CN1Cc2cc(-c3ccc(-c4cnc(C5CCCC5)[nH]4)cc3)ccc2-c2nc([C@@H]3CCCN3)[nH]c2C1. The number of imidazole rings is 2. The smallest absolute Gasteiger partial charge is 0.124 e. The third-order valence-corrected chi connectivity index (χ3v) is 8.28. The molecule has 0 amide bonds. The molecule has 7 rings (SSSR count). The van der Waals surface area contributed by atoms with Gasteiger partial charge in [0.1, 0.15) is 11.6 Å². The normalized spacial score (nSPS) is 20.4. The van der Waals surface area contributed by atoms with Gasteiger partial charge in [0, 0.05) is 24.6 Å². The highest BCUT2D eigenvalue weighted by atomic mass is 15.1. The van der Waals surface area contributed by atoms with Crippen molar-refractivity contribution in [2.75, 3.05) is 13.6 Å². The average molecular weight is 479 g/mol. The van der Waals surface area contributed by atoms with Gasteiger partial charge in [-0.15, -0.1) is 0 Å². The molecule has 4 aromatic rings. The molecular formula is C30H34N6. The predicted octanol–water partition coefficient (Wildman–Crippen LogP) is 6.16. The second-order valence-corrected chi connectivity index (χ2v) is 10.9. The molecule has 0 spiro atoms. The van der Waals surface area contributed by atoms with E-state index in [0.29, 0.717) is 12.0 Å². The molecule has 1 aliphatic carbocycles. The first-order valence-corrected chi connectivity index (χ1v) is 13.5. The van der Waals surface area contributed by atoms with Crippen LogP contribution in [0.1, 0.15) is 73.4 Å². The van der Waals surface area contributed by atoms with Crippen LogP contribution in [0.4, 0.5) is 0 Å². The van der Waals surface area contributed by atoms with Crippen molar-refractivity contribution in [3.63, 3.8) is 0 Å². The number of benzene rings is 2. The molecule has 6 heteroatoms. The number of nitrogens with zero attached hydrogens (tertiary/aromatic N) is 3. The predicted molar refractivity (Wildman–Crippen MR) is 143 cm³/mol. The minimum atomic E-state index is 0.354. The lowest BCUT2D eigenvalue weighted by molar-refractivity contribution is 0.319. The zero-order valence-corrected chi connectivity index (χ0v) is 21.0. The molecule has 1 saturated carbocycles. The Bertz CT molecular complexity index is 1370. The van der Waals surface area contributed by atoms with E-state index in [0.717, 1.165) is 49.1 Å². The number of aromatic nitrogens is 4. The van der Waals surface area contributed by atoms with Crippen LogP contribution in [0.25, 0.3) is 33.6 Å². The van der Waals surface area contributed by atoms with E-state index < -0.39 is 0 Å². The Balaban J connectivity index is 1.17. The van der Waals surface area contributed by atoms with Crippen molar-refractivity contribution in [3.8, 4) is 33.6 Å². The maximum atomic E-state index is 5.09. The molecule has 0 unspecified atom stereocenters. The van der Waals surface area contributed by atoms with E-state index in [1.807, 2.05) is 6.20 Å². The quantitative estimate of drug-likeness (QED) is 0.328. The molecule has 2 fully saturated rings. The van der Waals surface area contributed by atoms with Crippen LogP contribution < -0.4 is 5.32 Å². The molecule has 3 N–H and O–H groups in total. The summed E-state index contributed by atoms with van der Waals surface area (Å²) in [6, 6.07) is 16.1. The summed E-state index contributed by atoms with van der Waals surface area (Å²) in [7, 11) is 2.19. The topological polar surface area (TPSA) is 72.6 Å². The van der Waals surface area contributed by atoms with Crippen molar-refractivity contribution >= 4 is 0 Å². The number of nitrogens with one attached hydrogen (secondary N) is 3. The summed E-state index contributed by atoms with van der Waals surface area (Å²) >= 11 is 0. The Labute approximate surface area is 212 Å². The number of fused-ring (bicyclic) bond motifs is 3. The first kappa shape index (κ1) is 22.0. The zero-order valence-electron chi connectivity index (χ0n) is 21.0. The summed E-state index contributed by atoms with van der Waals surface area (Å²) in [5, 5.41) is 3.58. The Morgan fingerprint density at radius 1 is 0.833 bits per heavy atom. The summed E-state index contributed by atoms with van der Waals surface area (Å²) < 4.78 is 0. The van der Waals surface area contributed by atoms with Gasteiger partial charge >= 0.3 is 0 Å². The van der Waals surface area contributed by atoms with Crippen LogP contribution in [0.15, 0.2) is 48.7 Å². The number of aromatic amines is 2. The molecule has 184 valence electrons. The molecule has 4 heterocycles. The van der Waals surface area contributed by atoms with Gasteiger partial charge in [-0.25, -0.2) is 9.97 Å². The lowest BCUT2D eigenvalue weighted by Gasteiger charge is -2.15. The molecule has 2 aliphatic heterocycles. The van der Waals surface area contributed by atoms with E-state index >= 15 is 0 Å². The lowest BCUT2D eigenvalue weighted by atomic mass is 9.96. The molecule has 2 aromatic carbocycles. The van der Waals surface area contributed by atoms with Crippen LogP contribution >= 0.6 is 0 Å². The first-order chi connectivity index (χ1) is 17.7. The molecule has 2 aromatic heterocycles. The summed E-state index contributed by atoms with van der Waals surface area (Å²) in [6.45, 7) is 2.89. The number of H-pyrrole nitrogens is 2. The molecule has 1 saturated heterocycles. The Hall–Kier alpha value is -3.22. The second-order valence-electron chi connectivity index (χ2n) is 10.9. The van der Waals surface area contributed by atoms with E-state index in [-0.39, 0.29) is 0 Å². The molecular weight excluding hydrogens is 444 g/mol. The number of rotatable bonds is 4. The van der Waals surface area contributed by atoms with E-state index in [1.54, 1.807) is 0 Å². The summed E-state index contributed by atoms with van der Waals surface area (Å²) in [4.78, 5) is 19.4. The standard InChI is InChI=1S/C30H34N6/c1-36-17-23-15-22(12-13-24(23)28-27(18-36)34-30(35-28)25-7-4-14-31-25)19-8-10-20(11-9-19)26-16-32-29(33-26)21-5-2-3-6-21/h8-13,15-16,21,25,31H,2-7,14,17-18H2,1H3,(H,32,33)(H,34,35)/t25-/m0/s1. The van der Waals surface area contributed by atoms with Gasteiger partial charge in [0.2, 0.25) is 0 Å². The number of hydrogen-bond donors (Lipinski definition) is 3. The maximum absolute atomic E-state index is 5.09. The summed E-state index contributed by atoms with van der Waals surface area (Å²) in [6.07, 6.45) is 9.55. The number of hydrogen-bond acceptors (Lipinski definition) is 4. The highest BCUT2D eigenvalue weighted by Gasteiger charge is 2.26. The van der Waals surface area contributed by atoms with E-state index in [1.165, 1.54) is 65.6 Å². The summed E-state index contributed by atoms with van der Waals surface area (Å²) in [5.74, 6) is 2.86. The highest BCUT2D eigenvalue weighted by molar-refractivity contribution is 5.75. The molecule has 0 bridgehead atoms. The third-order valence-electron chi connectivity index (χ3n) is 8.28. The molecule has 3 aliphatic rings. The molecule has 0 radical (unpaired) electrons. The van der Waals surface area contributed by atoms with Gasteiger partial charge < -0.3 is 15.3 Å². The van der Waals surface area contributed by atoms with Gasteiger partial charge in [0.05, 0.1) is 29.3 Å². The van der Waals surface area contributed by atoms with Gasteiger partial charge in [-0.2, -0.15) is 0 Å². The maximum Gasteiger partial charge on any atom is 0.124 e. The van der Waals surface area contributed by atoms with Crippen LogP contribution in [0.5, 0.6) is 0 Å². The molecule has 6 nitrogen and oxygen atoms in total. The Morgan fingerprint density at radius 2 is 1.64 bits per heavy atom. The Morgan fingerprint density at radius 3 is 2.44 bits per heavy atom. The van der Waals surface area contributed by atoms with Crippen molar-refractivity contribution in [1.29, 1.82) is 0 Å². The van der Waals surface area contributed by atoms with Crippen molar-refractivity contribution in [3.05, 3.63) is 71.6 Å². The van der Waals surface area contributed by atoms with Crippen LogP contribution in [0.3, 0.4) is 0 Å². The van der Waals surface area contributed by atoms with Crippen LogP contribution in [-0.2, 0) is 13.1 Å². The minimum Gasteiger partial charge on any atom is -0.343 e. The van der Waals surface area contributed by atoms with Crippen molar-refractivity contribution in [2.45, 2.75) is 63.6 Å². The van der Waals surface area contributed by atoms with E-state index in [4.69, 9.17) is 9.97 Å². The van der Waals surface area contributed by atoms with Crippen LogP contribution in [0.2, 0.25) is 0 Å². The van der Waals surface area contributed by atoms with Crippen LogP contribution in [0, 0.1) is 0 Å². The van der Waals surface area contributed by atoms with Gasteiger partial charge in [0.15, 0.2) is 0 Å². The third kappa shape index (κ3) is 3.98. The highest BCUT2D eigenvalue weighted by Crippen LogP contribution is 2.36. The monoisotopic (exact) mass is 478 g/mol. The van der Waals surface area contributed by atoms with Gasteiger partial charge in [-0.05, 0) is 67.6 Å². The largest absolute Gasteiger partial charge is 0.343 e. The van der Waals surface area contributed by atoms with Gasteiger partial charge in [-0.3, -0.25) is 4.90 Å². The minimum absolute atomic E-state index is 0.354. The average Bonchev–Trinajstić information content (AvgIpc) is 3.70. The first-order valence-electron chi connectivity index (χ1n) is 13.5. The molecule has 1 atom stereocenters. The fourth-order valence-corrected chi connectivity index (χ4v) is 6.33. The second kappa shape index (κ2) is 9.02. The van der Waals surface area contributed by atoms with Crippen molar-refractivity contribution in [1.82, 2.24) is 30.2 Å². The van der Waals surface area contributed by atoms with Crippen molar-refractivity contribution < 1.29 is 0 Å². The van der Waals surface area contributed by atoms with E-state index in [9.17, 15) is 0 Å². The van der Waals surface area contributed by atoms with Crippen molar-refractivity contribution in [2.24, 2.45) is 0 Å². The Kier molecular flexibility index (Phi) is 5.51. The fraction of sp³-hybridized carbons (Fsp3) is 0.400. The van der Waals surface area contributed by atoms with Crippen LogP contribution in [-0.4, -0.2) is 38.4 Å². The fourth-order valence-electron chi connectivity index (χ4n) is 6.33. The zero-order chi connectivity index (χ0) is 24.1. The lowest BCUT2D eigenvalue weighted by Crippen LogP contribution is -2.17. The van der Waals surface area contributed by atoms with Gasteiger partial charge in [-0.1, -0.05) is 49.2 Å². The van der Waals surface area contributed by atoms with Gasteiger partial charge in [0.25, 0.3) is 0 Å².